The molecular formula is C22H18ClN3O2. The molecule has 0 radical (unpaired) electrons. The second kappa shape index (κ2) is 7.37. The smallest absolute Gasteiger partial charge is 0.250 e. The molecule has 0 unspecified atom stereocenters. The molecular weight excluding hydrogens is 374 g/mol. The quantitative estimate of drug-likeness (QED) is 0.531. The lowest BCUT2D eigenvalue weighted by Gasteiger charge is -2.13. The van der Waals surface area contributed by atoms with Gasteiger partial charge in [0.1, 0.15) is 5.75 Å². The molecule has 0 aliphatic rings. The average molecular weight is 392 g/mol. The summed E-state index contributed by atoms with van der Waals surface area (Å²) in [5.74, 6) is 0.713. The minimum atomic E-state index is -0.0508. The summed E-state index contributed by atoms with van der Waals surface area (Å²) >= 11 is 6.17. The molecule has 0 spiro atoms. The lowest BCUT2D eigenvalue weighted by atomic mass is 10.1. The van der Waals surface area contributed by atoms with E-state index in [2.05, 4.69) is 10.3 Å². The maximum atomic E-state index is 11.7. The highest BCUT2D eigenvalue weighted by molar-refractivity contribution is 6.31. The van der Waals surface area contributed by atoms with E-state index in [0.29, 0.717) is 10.8 Å². The predicted molar refractivity (Wildman–Crippen MR) is 114 cm³/mol. The van der Waals surface area contributed by atoms with E-state index in [1.165, 1.54) is 0 Å². The topological polar surface area (TPSA) is 56.1 Å². The van der Waals surface area contributed by atoms with Crippen LogP contribution in [0.1, 0.15) is 0 Å². The van der Waals surface area contributed by atoms with Gasteiger partial charge >= 0.3 is 0 Å². The third-order valence-corrected chi connectivity index (χ3v) is 4.78. The van der Waals surface area contributed by atoms with Gasteiger partial charge in [-0.2, -0.15) is 0 Å². The summed E-state index contributed by atoms with van der Waals surface area (Å²) in [6.45, 7) is 0. The van der Waals surface area contributed by atoms with E-state index in [4.69, 9.17) is 16.3 Å². The summed E-state index contributed by atoms with van der Waals surface area (Å²) in [5.41, 5.74) is 4.42. The van der Waals surface area contributed by atoms with E-state index < -0.39 is 0 Å². The van der Waals surface area contributed by atoms with E-state index in [9.17, 15) is 4.79 Å². The molecule has 0 amide bonds. The van der Waals surface area contributed by atoms with Gasteiger partial charge in [0.2, 0.25) is 5.56 Å². The minimum absolute atomic E-state index is 0.0508. The van der Waals surface area contributed by atoms with Crippen molar-refractivity contribution in [3.63, 3.8) is 0 Å². The molecule has 0 saturated carbocycles. The summed E-state index contributed by atoms with van der Waals surface area (Å²) in [7, 11) is 3.36. The van der Waals surface area contributed by atoms with Crippen LogP contribution in [0.2, 0.25) is 5.02 Å². The van der Waals surface area contributed by atoms with E-state index in [-0.39, 0.29) is 5.56 Å². The number of aromatic nitrogens is 2. The Morgan fingerprint density at radius 2 is 1.89 bits per heavy atom. The fourth-order valence-corrected chi connectivity index (χ4v) is 3.28. The summed E-state index contributed by atoms with van der Waals surface area (Å²) in [6, 6.07) is 16.7. The van der Waals surface area contributed by atoms with Crippen LogP contribution in [0.15, 0.2) is 71.8 Å². The third kappa shape index (κ3) is 3.57. The Bertz CT molecular complexity index is 1230. The van der Waals surface area contributed by atoms with Crippen molar-refractivity contribution in [1.82, 2.24) is 9.55 Å². The van der Waals surface area contributed by atoms with Gasteiger partial charge in [-0.05, 0) is 53.6 Å². The molecule has 4 aromatic rings. The molecule has 2 aromatic heterocycles. The van der Waals surface area contributed by atoms with Crippen molar-refractivity contribution in [2.45, 2.75) is 0 Å². The SMILES string of the molecule is COc1cc(Nc2ccnc3ccc(Cl)cc23)cc(-c2ccc(=O)n(C)c2)c1. The highest BCUT2D eigenvalue weighted by Gasteiger charge is 2.08. The number of nitrogens with one attached hydrogen (secondary N) is 1. The lowest BCUT2D eigenvalue weighted by Crippen LogP contribution is -2.13. The van der Waals surface area contributed by atoms with Crippen molar-refractivity contribution in [3.05, 3.63) is 82.4 Å². The van der Waals surface area contributed by atoms with Crippen LogP contribution in [0, 0.1) is 0 Å². The molecule has 0 saturated heterocycles. The number of pyridine rings is 2. The zero-order chi connectivity index (χ0) is 19.7. The van der Waals surface area contributed by atoms with Gasteiger partial charge in [-0.1, -0.05) is 11.6 Å². The molecule has 1 N–H and O–H groups in total. The number of hydrogen-bond acceptors (Lipinski definition) is 4. The van der Waals surface area contributed by atoms with Gasteiger partial charge in [-0.25, -0.2) is 0 Å². The normalized spacial score (nSPS) is 10.8. The Morgan fingerprint density at radius 1 is 1.04 bits per heavy atom. The zero-order valence-corrected chi connectivity index (χ0v) is 16.2. The number of aryl methyl sites for hydroxylation is 1. The van der Waals surface area contributed by atoms with Crippen LogP contribution in [0.3, 0.4) is 0 Å². The van der Waals surface area contributed by atoms with Crippen molar-refractivity contribution >= 4 is 33.9 Å². The molecule has 0 bridgehead atoms. The second-order valence-corrected chi connectivity index (χ2v) is 6.90. The van der Waals surface area contributed by atoms with Crippen LogP contribution < -0.4 is 15.6 Å². The first-order chi connectivity index (χ1) is 13.5. The number of nitrogens with zero attached hydrogens (tertiary/aromatic N) is 2. The first-order valence-electron chi connectivity index (χ1n) is 8.71. The van der Waals surface area contributed by atoms with Crippen molar-refractivity contribution in [3.8, 4) is 16.9 Å². The molecule has 5 nitrogen and oxygen atoms in total. The van der Waals surface area contributed by atoms with E-state index in [1.54, 1.807) is 31.0 Å². The fourth-order valence-electron chi connectivity index (χ4n) is 3.10. The van der Waals surface area contributed by atoms with Crippen molar-refractivity contribution < 1.29 is 4.74 Å². The number of ether oxygens (including phenoxy) is 1. The molecule has 2 aromatic carbocycles. The molecule has 4 rings (SSSR count). The summed E-state index contributed by atoms with van der Waals surface area (Å²) in [5, 5.41) is 5.02. The number of hydrogen-bond donors (Lipinski definition) is 1. The zero-order valence-electron chi connectivity index (χ0n) is 15.4. The van der Waals surface area contributed by atoms with Gasteiger partial charge in [0.25, 0.3) is 0 Å². The lowest BCUT2D eigenvalue weighted by molar-refractivity contribution is 0.415. The second-order valence-electron chi connectivity index (χ2n) is 6.46. The standard InChI is InChI=1S/C22H18ClN3O2/c1-26-13-14(3-6-22(26)27)15-9-17(12-18(10-15)28-2)25-21-7-8-24-20-5-4-16(23)11-19(20)21/h3-13H,1-2H3,(H,24,25). The molecule has 0 aliphatic heterocycles. The number of anilines is 2. The van der Waals surface area contributed by atoms with Crippen LogP contribution in [-0.4, -0.2) is 16.7 Å². The van der Waals surface area contributed by atoms with E-state index >= 15 is 0 Å². The number of rotatable bonds is 4. The van der Waals surface area contributed by atoms with Gasteiger partial charge in [0.05, 0.1) is 12.6 Å². The van der Waals surface area contributed by atoms with Gasteiger partial charge < -0.3 is 14.6 Å². The Kier molecular flexibility index (Phi) is 4.75. The Morgan fingerprint density at radius 3 is 2.68 bits per heavy atom. The van der Waals surface area contributed by atoms with E-state index in [1.807, 2.05) is 54.7 Å². The van der Waals surface area contributed by atoms with Crippen molar-refractivity contribution in [2.24, 2.45) is 7.05 Å². The molecule has 28 heavy (non-hydrogen) atoms. The fraction of sp³-hybridized carbons (Fsp3) is 0.0909. The Balaban J connectivity index is 1.79. The molecule has 0 fully saturated rings. The maximum Gasteiger partial charge on any atom is 0.250 e. The average Bonchev–Trinajstić information content (AvgIpc) is 2.70. The van der Waals surface area contributed by atoms with Crippen LogP contribution in [0.4, 0.5) is 11.4 Å². The summed E-state index contributed by atoms with van der Waals surface area (Å²) in [4.78, 5) is 16.1. The molecule has 0 atom stereocenters. The Hall–Kier alpha value is -3.31. The predicted octanol–water partition coefficient (Wildman–Crippen LogP) is 5.01. The van der Waals surface area contributed by atoms with Gasteiger partial charge in [0, 0.05) is 53.4 Å². The monoisotopic (exact) mass is 391 g/mol. The number of halogens is 1. The molecule has 6 heteroatoms. The number of fused-ring (bicyclic) bond motifs is 1. The van der Waals surface area contributed by atoms with Gasteiger partial charge in [-0.3, -0.25) is 9.78 Å². The highest BCUT2D eigenvalue weighted by atomic mass is 35.5. The Labute approximate surface area is 167 Å². The van der Waals surface area contributed by atoms with Gasteiger partial charge in [0.15, 0.2) is 0 Å². The maximum absolute atomic E-state index is 11.7. The molecule has 2 heterocycles. The molecule has 0 aliphatic carbocycles. The number of benzene rings is 2. The first-order valence-corrected chi connectivity index (χ1v) is 9.09. The van der Waals surface area contributed by atoms with Crippen LogP contribution in [0.25, 0.3) is 22.0 Å². The van der Waals surface area contributed by atoms with Crippen LogP contribution in [-0.2, 0) is 7.05 Å². The van der Waals surface area contributed by atoms with E-state index in [0.717, 1.165) is 33.4 Å². The largest absolute Gasteiger partial charge is 0.497 e. The van der Waals surface area contributed by atoms with Crippen LogP contribution >= 0.6 is 11.6 Å². The van der Waals surface area contributed by atoms with Crippen molar-refractivity contribution in [2.75, 3.05) is 12.4 Å². The van der Waals surface area contributed by atoms with Crippen molar-refractivity contribution in [1.29, 1.82) is 0 Å². The third-order valence-electron chi connectivity index (χ3n) is 4.54. The number of methoxy groups -OCH3 is 1. The van der Waals surface area contributed by atoms with Gasteiger partial charge in [-0.15, -0.1) is 0 Å². The highest BCUT2D eigenvalue weighted by Crippen LogP contribution is 2.32. The van der Waals surface area contributed by atoms with Crippen LogP contribution in [0.5, 0.6) is 5.75 Å². The minimum Gasteiger partial charge on any atom is -0.497 e. The first kappa shape index (κ1) is 18.1. The summed E-state index contributed by atoms with van der Waals surface area (Å²) < 4.78 is 7.03. The molecule has 140 valence electrons. The summed E-state index contributed by atoms with van der Waals surface area (Å²) in [6.07, 6.45) is 3.56.